The molecule has 2 nitrogen and oxygen atoms in total. The van der Waals surface area contributed by atoms with Gasteiger partial charge in [0.05, 0.1) is 0 Å². The zero-order valence-corrected chi connectivity index (χ0v) is 12.1. The normalized spacial score (nSPS) is 10.8. The van der Waals surface area contributed by atoms with Crippen LogP contribution in [0.15, 0.2) is 42.5 Å². The van der Waals surface area contributed by atoms with Crippen molar-refractivity contribution in [2.75, 3.05) is 7.05 Å². The molecule has 0 heterocycles. The maximum atomic E-state index is 13.9. The maximum Gasteiger partial charge on any atom is 0.167 e. The Morgan fingerprint density at radius 2 is 1.80 bits per heavy atom. The molecule has 0 unspecified atom stereocenters. The number of benzene rings is 2. The van der Waals surface area contributed by atoms with Crippen LogP contribution in [0.1, 0.15) is 30.9 Å². The van der Waals surface area contributed by atoms with Crippen LogP contribution in [0.5, 0.6) is 11.5 Å². The summed E-state index contributed by atoms with van der Waals surface area (Å²) in [6, 6.07) is 12.7. The Labute approximate surface area is 119 Å². The molecule has 0 aliphatic heterocycles. The minimum absolute atomic E-state index is 0.291. The second-order valence-corrected chi connectivity index (χ2v) is 5.08. The van der Waals surface area contributed by atoms with E-state index in [0.717, 1.165) is 5.56 Å². The summed E-state index contributed by atoms with van der Waals surface area (Å²) in [4.78, 5) is 0. The number of hydrogen-bond acceptors (Lipinski definition) is 2. The summed E-state index contributed by atoms with van der Waals surface area (Å²) < 4.78 is 19.6. The summed E-state index contributed by atoms with van der Waals surface area (Å²) >= 11 is 0. The van der Waals surface area contributed by atoms with E-state index in [9.17, 15) is 4.39 Å². The van der Waals surface area contributed by atoms with E-state index in [1.165, 1.54) is 11.6 Å². The number of hydrogen-bond donors (Lipinski definition) is 1. The van der Waals surface area contributed by atoms with E-state index in [-0.39, 0.29) is 5.82 Å². The molecule has 0 aromatic heterocycles. The number of ether oxygens (including phenoxy) is 1. The topological polar surface area (TPSA) is 21.3 Å². The molecule has 0 spiro atoms. The van der Waals surface area contributed by atoms with Crippen LogP contribution in [0, 0.1) is 5.82 Å². The van der Waals surface area contributed by atoms with Crippen molar-refractivity contribution in [3.63, 3.8) is 0 Å². The SMILES string of the molecule is CNCc1cccc(F)c1Oc1ccc(C(C)C)cc1. The van der Waals surface area contributed by atoms with E-state index in [4.69, 9.17) is 4.74 Å². The molecule has 0 amide bonds. The van der Waals surface area contributed by atoms with Crippen molar-refractivity contribution in [1.29, 1.82) is 0 Å². The van der Waals surface area contributed by atoms with Crippen molar-refractivity contribution in [1.82, 2.24) is 5.32 Å². The lowest BCUT2D eigenvalue weighted by Gasteiger charge is -2.13. The summed E-state index contributed by atoms with van der Waals surface area (Å²) in [5.41, 5.74) is 2.04. The lowest BCUT2D eigenvalue weighted by molar-refractivity contribution is 0.434. The van der Waals surface area contributed by atoms with Gasteiger partial charge < -0.3 is 10.1 Å². The van der Waals surface area contributed by atoms with E-state index in [2.05, 4.69) is 19.2 Å². The van der Waals surface area contributed by atoms with E-state index in [0.29, 0.717) is 24.0 Å². The standard InChI is InChI=1S/C17H20FNO/c1-12(2)13-7-9-15(10-8-13)20-17-14(11-19-3)5-4-6-16(17)18/h4-10,12,19H,11H2,1-3H3. The average molecular weight is 273 g/mol. The van der Waals surface area contributed by atoms with Crippen LogP contribution in [0.25, 0.3) is 0 Å². The van der Waals surface area contributed by atoms with Crippen molar-refractivity contribution in [2.24, 2.45) is 0 Å². The molecule has 0 saturated heterocycles. The molecule has 106 valence electrons. The first-order valence-electron chi connectivity index (χ1n) is 6.81. The molecule has 1 N–H and O–H groups in total. The van der Waals surface area contributed by atoms with Gasteiger partial charge in [-0.2, -0.15) is 0 Å². The van der Waals surface area contributed by atoms with Gasteiger partial charge in [-0.05, 0) is 36.7 Å². The van der Waals surface area contributed by atoms with Crippen LogP contribution < -0.4 is 10.1 Å². The minimum Gasteiger partial charge on any atom is -0.454 e. The first-order valence-corrected chi connectivity index (χ1v) is 6.81. The molecule has 3 heteroatoms. The Balaban J connectivity index is 2.25. The summed E-state index contributed by atoms with van der Waals surface area (Å²) in [5.74, 6) is 1.07. The Kier molecular flexibility index (Phi) is 4.74. The number of halogens is 1. The van der Waals surface area contributed by atoms with Crippen LogP contribution in [0.4, 0.5) is 4.39 Å². The first-order chi connectivity index (χ1) is 9.61. The third-order valence-electron chi connectivity index (χ3n) is 3.18. The Morgan fingerprint density at radius 3 is 2.40 bits per heavy atom. The predicted molar refractivity (Wildman–Crippen MR) is 79.8 cm³/mol. The monoisotopic (exact) mass is 273 g/mol. The molecule has 20 heavy (non-hydrogen) atoms. The van der Waals surface area contributed by atoms with Crippen molar-refractivity contribution in [2.45, 2.75) is 26.3 Å². The molecule has 0 fully saturated rings. The minimum atomic E-state index is -0.342. The molecule has 0 saturated carbocycles. The van der Waals surface area contributed by atoms with Gasteiger partial charge in [-0.3, -0.25) is 0 Å². The second kappa shape index (κ2) is 6.53. The zero-order chi connectivity index (χ0) is 14.5. The third kappa shape index (κ3) is 3.36. The Hall–Kier alpha value is -1.87. The van der Waals surface area contributed by atoms with Gasteiger partial charge in [0.2, 0.25) is 0 Å². The molecule has 0 radical (unpaired) electrons. The van der Waals surface area contributed by atoms with Crippen molar-refractivity contribution >= 4 is 0 Å². The van der Waals surface area contributed by atoms with Gasteiger partial charge in [-0.25, -0.2) is 4.39 Å². The van der Waals surface area contributed by atoms with Crippen molar-refractivity contribution in [3.05, 3.63) is 59.4 Å². The zero-order valence-electron chi connectivity index (χ0n) is 12.1. The summed E-state index contributed by atoms with van der Waals surface area (Å²) in [7, 11) is 1.83. The molecule has 0 aliphatic rings. The van der Waals surface area contributed by atoms with Gasteiger partial charge in [-0.15, -0.1) is 0 Å². The van der Waals surface area contributed by atoms with E-state index in [1.807, 2.05) is 37.4 Å². The number of nitrogens with one attached hydrogen (secondary N) is 1. The van der Waals surface area contributed by atoms with Crippen molar-refractivity contribution < 1.29 is 9.13 Å². The summed E-state index contributed by atoms with van der Waals surface area (Å²) in [6.07, 6.45) is 0. The number of para-hydroxylation sites is 1. The average Bonchev–Trinajstić information content (AvgIpc) is 2.43. The van der Waals surface area contributed by atoms with Crippen LogP contribution in [-0.4, -0.2) is 7.05 Å². The maximum absolute atomic E-state index is 13.9. The van der Waals surface area contributed by atoms with E-state index in [1.54, 1.807) is 6.07 Å². The Morgan fingerprint density at radius 1 is 1.10 bits per heavy atom. The highest BCUT2D eigenvalue weighted by Gasteiger charge is 2.10. The molecular formula is C17H20FNO. The predicted octanol–water partition coefficient (Wildman–Crippen LogP) is 4.46. The second-order valence-electron chi connectivity index (χ2n) is 5.08. The van der Waals surface area contributed by atoms with Crippen LogP contribution in [-0.2, 0) is 6.54 Å². The molecule has 0 bridgehead atoms. The number of rotatable bonds is 5. The summed E-state index contributed by atoms with van der Waals surface area (Å²) in [6.45, 7) is 4.84. The van der Waals surface area contributed by atoms with Crippen LogP contribution >= 0.6 is 0 Å². The molecule has 2 aromatic rings. The van der Waals surface area contributed by atoms with Gasteiger partial charge in [0.1, 0.15) is 5.75 Å². The highest BCUT2D eigenvalue weighted by atomic mass is 19.1. The molecule has 0 atom stereocenters. The Bertz CT molecular complexity index is 564. The fourth-order valence-electron chi connectivity index (χ4n) is 2.04. The van der Waals surface area contributed by atoms with E-state index < -0.39 is 0 Å². The summed E-state index contributed by atoms with van der Waals surface area (Å²) in [5, 5.41) is 3.01. The fourth-order valence-corrected chi connectivity index (χ4v) is 2.04. The van der Waals surface area contributed by atoms with Gasteiger partial charge in [0.25, 0.3) is 0 Å². The van der Waals surface area contributed by atoms with Crippen molar-refractivity contribution in [3.8, 4) is 11.5 Å². The smallest absolute Gasteiger partial charge is 0.167 e. The highest BCUT2D eigenvalue weighted by Crippen LogP contribution is 2.29. The van der Waals surface area contributed by atoms with Gasteiger partial charge in [0.15, 0.2) is 11.6 Å². The fraction of sp³-hybridized carbons (Fsp3) is 0.294. The lowest BCUT2D eigenvalue weighted by Crippen LogP contribution is -2.07. The van der Waals surface area contributed by atoms with Crippen LogP contribution in [0.3, 0.4) is 0 Å². The van der Waals surface area contributed by atoms with Gasteiger partial charge >= 0.3 is 0 Å². The quantitative estimate of drug-likeness (QED) is 0.868. The molecular weight excluding hydrogens is 253 g/mol. The third-order valence-corrected chi connectivity index (χ3v) is 3.18. The van der Waals surface area contributed by atoms with Gasteiger partial charge in [0, 0.05) is 12.1 Å². The molecule has 2 rings (SSSR count). The first kappa shape index (κ1) is 14.5. The van der Waals surface area contributed by atoms with Crippen LogP contribution in [0.2, 0.25) is 0 Å². The molecule has 0 aliphatic carbocycles. The largest absolute Gasteiger partial charge is 0.454 e. The van der Waals surface area contributed by atoms with Gasteiger partial charge in [-0.1, -0.05) is 38.1 Å². The highest BCUT2D eigenvalue weighted by molar-refractivity contribution is 5.40. The molecule has 2 aromatic carbocycles. The lowest BCUT2D eigenvalue weighted by atomic mass is 10.0. The van der Waals surface area contributed by atoms with E-state index >= 15 is 0 Å².